The number of carbonyl (C=O) groups is 1. The van der Waals surface area contributed by atoms with Crippen LogP contribution in [0.5, 0.6) is 0 Å². The second-order valence-electron chi connectivity index (χ2n) is 8.37. The summed E-state index contributed by atoms with van der Waals surface area (Å²) in [6.07, 6.45) is 1.34. The van der Waals surface area contributed by atoms with Crippen molar-refractivity contribution in [3.8, 4) is 0 Å². The van der Waals surface area contributed by atoms with E-state index in [2.05, 4.69) is 38.1 Å². The van der Waals surface area contributed by atoms with Crippen molar-refractivity contribution in [1.82, 2.24) is 4.90 Å². The van der Waals surface area contributed by atoms with E-state index in [1.54, 1.807) is 11.8 Å². The number of aliphatic hydroxyl groups is 1. The zero-order valence-corrected chi connectivity index (χ0v) is 18.8. The number of ether oxygens (including phenoxy) is 1. The highest BCUT2D eigenvalue weighted by Gasteiger charge is 2.38. The van der Waals surface area contributed by atoms with Crippen LogP contribution in [-0.2, 0) is 16.0 Å². The monoisotopic (exact) mass is 425 g/mol. The van der Waals surface area contributed by atoms with Crippen LogP contribution in [0.1, 0.15) is 49.3 Å². The van der Waals surface area contributed by atoms with Gasteiger partial charge in [0.05, 0.1) is 18.1 Å². The Kier molecular flexibility index (Phi) is 7.62. The maximum Gasteiger partial charge on any atom is 0.266 e. The van der Waals surface area contributed by atoms with Crippen molar-refractivity contribution in [2.75, 3.05) is 6.61 Å². The van der Waals surface area contributed by atoms with E-state index < -0.39 is 12.0 Å². The molecule has 1 N–H and O–H groups in total. The van der Waals surface area contributed by atoms with Crippen molar-refractivity contribution < 1.29 is 14.6 Å². The molecule has 0 unspecified atom stereocenters. The fourth-order valence-electron chi connectivity index (χ4n) is 3.88. The van der Waals surface area contributed by atoms with Crippen molar-refractivity contribution in [3.05, 3.63) is 71.3 Å². The van der Waals surface area contributed by atoms with Crippen molar-refractivity contribution in [2.24, 2.45) is 5.92 Å². The van der Waals surface area contributed by atoms with E-state index in [0.29, 0.717) is 25.4 Å². The van der Waals surface area contributed by atoms with E-state index in [0.717, 1.165) is 12.0 Å². The molecule has 4 nitrogen and oxygen atoms in total. The van der Waals surface area contributed by atoms with E-state index in [4.69, 9.17) is 17.0 Å². The number of thiocarbonyl (C=S) groups is 1. The summed E-state index contributed by atoms with van der Waals surface area (Å²) in [4.78, 5) is 14.7. The molecule has 160 valence electrons. The lowest BCUT2D eigenvalue weighted by Gasteiger charge is -2.27. The van der Waals surface area contributed by atoms with E-state index >= 15 is 0 Å². The van der Waals surface area contributed by atoms with Crippen LogP contribution in [0.2, 0.25) is 0 Å². The van der Waals surface area contributed by atoms with Crippen LogP contribution in [0, 0.1) is 12.8 Å². The van der Waals surface area contributed by atoms with Gasteiger partial charge in [-0.2, -0.15) is 0 Å². The van der Waals surface area contributed by atoms with Crippen molar-refractivity contribution in [2.45, 2.75) is 58.1 Å². The molecule has 0 bridgehead atoms. The van der Waals surface area contributed by atoms with Gasteiger partial charge in [-0.25, -0.2) is 0 Å². The first kappa shape index (κ1) is 22.4. The van der Waals surface area contributed by atoms with Gasteiger partial charge in [-0.1, -0.05) is 74.0 Å². The van der Waals surface area contributed by atoms with Gasteiger partial charge in [0.2, 0.25) is 5.91 Å². The third-order valence-corrected chi connectivity index (χ3v) is 6.34. The molecule has 2 aromatic rings. The molecular formula is C25H31NO3S. The Labute approximate surface area is 184 Å². The van der Waals surface area contributed by atoms with Crippen molar-refractivity contribution in [3.63, 3.8) is 0 Å². The van der Waals surface area contributed by atoms with Crippen LogP contribution in [0.4, 0.5) is 0 Å². The van der Waals surface area contributed by atoms with Gasteiger partial charge < -0.3 is 9.84 Å². The van der Waals surface area contributed by atoms with Crippen LogP contribution in [0.25, 0.3) is 0 Å². The average molecular weight is 426 g/mol. The summed E-state index contributed by atoms with van der Waals surface area (Å²) in [6, 6.07) is 18.4. The molecule has 1 fully saturated rings. The SMILES string of the molecule is Cc1ccc([C@@H](C)CC[C@H](O)[C@@H](C)C(=O)N2C(=S)OC[C@@H]2Cc2ccccc2)cc1. The van der Waals surface area contributed by atoms with Crippen LogP contribution in [-0.4, -0.2) is 39.8 Å². The first-order chi connectivity index (χ1) is 14.4. The molecule has 0 aromatic heterocycles. The Bertz CT molecular complexity index is 852. The standard InChI is InChI=1S/C25H31NO3S/c1-17-9-12-21(13-10-17)18(2)11-14-23(27)19(3)24(28)26-22(16-29-25(26)30)15-20-7-5-4-6-8-20/h4-10,12-13,18-19,22-23,27H,11,14-16H2,1-3H3/t18-,19+,22-,23-/m0/s1. The summed E-state index contributed by atoms with van der Waals surface area (Å²) < 4.78 is 5.52. The summed E-state index contributed by atoms with van der Waals surface area (Å²) >= 11 is 5.30. The number of rotatable bonds is 8. The number of aliphatic hydroxyl groups excluding tert-OH is 1. The van der Waals surface area contributed by atoms with Crippen molar-refractivity contribution >= 4 is 23.3 Å². The van der Waals surface area contributed by atoms with Gasteiger partial charge in [0.15, 0.2) is 0 Å². The first-order valence-corrected chi connectivity index (χ1v) is 11.1. The summed E-state index contributed by atoms with van der Waals surface area (Å²) in [6.45, 7) is 6.41. The van der Waals surface area contributed by atoms with Gasteiger partial charge in [0.1, 0.15) is 6.61 Å². The second-order valence-corrected chi connectivity index (χ2v) is 8.72. The number of hydrogen-bond donors (Lipinski definition) is 1. The Morgan fingerprint density at radius 2 is 1.80 bits per heavy atom. The Hall–Kier alpha value is -2.24. The predicted octanol–water partition coefficient (Wildman–Crippen LogP) is 4.63. The molecule has 5 heteroatoms. The average Bonchev–Trinajstić information content (AvgIpc) is 3.11. The third kappa shape index (κ3) is 5.46. The quantitative estimate of drug-likeness (QED) is 0.627. The smallest absolute Gasteiger partial charge is 0.266 e. The minimum atomic E-state index is -0.717. The Morgan fingerprint density at radius 1 is 1.13 bits per heavy atom. The van der Waals surface area contributed by atoms with E-state index in [-0.39, 0.29) is 17.1 Å². The Morgan fingerprint density at radius 3 is 2.47 bits per heavy atom. The first-order valence-electron chi connectivity index (χ1n) is 10.6. The highest BCUT2D eigenvalue weighted by atomic mass is 32.1. The maximum absolute atomic E-state index is 13.1. The molecule has 1 aliphatic heterocycles. The highest BCUT2D eigenvalue weighted by Crippen LogP contribution is 2.26. The third-order valence-electron chi connectivity index (χ3n) is 6.02. The largest absolute Gasteiger partial charge is 0.468 e. The lowest BCUT2D eigenvalue weighted by Crippen LogP contribution is -2.45. The van der Waals surface area contributed by atoms with Gasteiger partial charge in [0, 0.05) is 0 Å². The van der Waals surface area contributed by atoms with Gasteiger partial charge >= 0.3 is 0 Å². The topological polar surface area (TPSA) is 49.8 Å². The molecule has 1 saturated heterocycles. The Balaban J connectivity index is 1.58. The predicted molar refractivity (Wildman–Crippen MR) is 123 cm³/mol. The molecule has 3 rings (SSSR count). The molecule has 0 spiro atoms. The molecule has 1 amide bonds. The van der Waals surface area contributed by atoms with E-state index in [9.17, 15) is 9.90 Å². The minimum Gasteiger partial charge on any atom is -0.468 e. The number of benzene rings is 2. The number of carbonyl (C=O) groups excluding carboxylic acids is 1. The van der Waals surface area contributed by atoms with Gasteiger partial charge in [0.25, 0.3) is 5.17 Å². The number of hydrogen-bond acceptors (Lipinski definition) is 4. The summed E-state index contributed by atoms with van der Waals surface area (Å²) in [5.41, 5.74) is 3.62. The summed E-state index contributed by atoms with van der Waals surface area (Å²) in [5.74, 6) is -0.369. The molecule has 0 radical (unpaired) electrons. The van der Waals surface area contributed by atoms with Crippen LogP contribution in [0.3, 0.4) is 0 Å². The second kappa shape index (κ2) is 10.2. The molecule has 4 atom stereocenters. The number of aryl methyl sites for hydroxylation is 1. The van der Waals surface area contributed by atoms with Gasteiger partial charge in [-0.3, -0.25) is 9.69 Å². The van der Waals surface area contributed by atoms with E-state index in [1.165, 1.54) is 11.1 Å². The number of amides is 1. The van der Waals surface area contributed by atoms with Gasteiger partial charge in [-0.05, 0) is 55.4 Å². The molecule has 30 heavy (non-hydrogen) atoms. The maximum atomic E-state index is 13.1. The van der Waals surface area contributed by atoms with Crippen LogP contribution >= 0.6 is 12.2 Å². The minimum absolute atomic E-state index is 0.131. The normalized spacial score (nSPS) is 19.3. The van der Waals surface area contributed by atoms with Crippen LogP contribution in [0.15, 0.2) is 54.6 Å². The van der Waals surface area contributed by atoms with Crippen molar-refractivity contribution in [1.29, 1.82) is 0 Å². The molecule has 1 aliphatic rings. The fraction of sp³-hybridized carbons (Fsp3) is 0.440. The zero-order valence-electron chi connectivity index (χ0n) is 18.0. The molecule has 1 heterocycles. The zero-order chi connectivity index (χ0) is 21.7. The summed E-state index contributed by atoms with van der Waals surface area (Å²) in [5, 5.41) is 10.9. The molecular weight excluding hydrogens is 394 g/mol. The van der Waals surface area contributed by atoms with Gasteiger partial charge in [-0.15, -0.1) is 0 Å². The highest BCUT2D eigenvalue weighted by molar-refractivity contribution is 7.80. The lowest BCUT2D eigenvalue weighted by atomic mass is 9.90. The van der Waals surface area contributed by atoms with E-state index in [1.807, 2.05) is 30.3 Å². The number of nitrogens with zero attached hydrogens (tertiary/aromatic N) is 1. The van der Waals surface area contributed by atoms with Crippen LogP contribution < -0.4 is 0 Å². The molecule has 0 aliphatic carbocycles. The summed E-state index contributed by atoms with van der Waals surface area (Å²) in [7, 11) is 0. The lowest BCUT2D eigenvalue weighted by molar-refractivity contribution is -0.135. The fourth-order valence-corrected chi connectivity index (χ4v) is 4.19. The molecule has 0 saturated carbocycles. The molecule has 2 aromatic carbocycles.